The Labute approximate surface area is 191 Å². The van der Waals surface area contributed by atoms with E-state index >= 15 is 4.39 Å². The van der Waals surface area contributed by atoms with Crippen molar-refractivity contribution in [2.24, 2.45) is 7.05 Å². The number of fused-ring (bicyclic) bond motifs is 1. The molecule has 0 radical (unpaired) electrons. The van der Waals surface area contributed by atoms with Gasteiger partial charge >= 0.3 is 5.97 Å². The average Bonchev–Trinajstić information content (AvgIpc) is 2.94. The molecule has 0 aliphatic carbocycles. The van der Waals surface area contributed by atoms with Crippen molar-refractivity contribution < 1.29 is 46.9 Å². The number of carbonyl (C=O) groups excluding carboxylic acids is 1. The first-order chi connectivity index (χ1) is 12.9. The van der Waals surface area contributed by atoms with E-state index in [4.69, 9.17) is 4.74 Å². The van der Waals surface area contributed by atoms with Crippen molar-refractivity contribution in [3.63, 3.8) is 0 Å². The number of esters is 1. The zero-order chi connectivity index (χ0) is 19.7. The number of aryl methyl sites for hydroxylation is 1. The molecule has 0 bridgehead atoms. The third-order valence-corrected chi connectivity index (χ3v) is 4.79. The molecule has 28 heavy (non-hydrogen) atoms. The van der Waals surface area contributed by atoms with E-state index in [1.807, 2.05) is 22.6 Å². The van der Waals surface area contributed by atoms with Gasteiger partial charge in [0.1, 0.15) is 12.4 Å². The standard InChI is InChI=1S/C19H16F2IN3O2.HI/c1-4-7-25-10-24(2)15-9-12(19(26)27-3)17(16(21)18(15)25)23-14-6-5-11(22)8-13(14)20;/h4-6,8-10H,1,7H2,2-3H3;1H. The number of benzene rings is 2. The molecule has 9 heteroatoms. The van der Waals surface area contributed by atoms with Crippen LogP contribution >= 0.6 is 22.6 Å². The highest BCUT2D eigenvalue weighted by atomic mass is 127. The van der Waals surface area contributed by atoms with E-state index in [1.165, 1.54) is 25.3 Å². The first kappa shape index (κ1) is 22.5. The number of halogens is 4. The number of nitrogens with zero attached hydrogens (tertiary/aromatic N) is 2. The van der Waals surface area contributed by atoms with E-state index < -0.39 is 17.6 Å². The molecule has 0 amide bonds. The predicted molar refractivity (Wildman–Crippen MR) is 107 cm³/mol. The van der Waals surface area contributed by atoms with Crippen LogP contribution in [0.3, 0.4) is 0 Å². The third-order valence-electron chi connectivity index (χ3n) is 4.12. The Hall–Kier alpha value is -1.76. The minimum atomic E-state index is -0.722. The van der Waals surface area contributed by atoms with Crippen LogP contribution < -0.4 is 33.9 Å². The smallest absolute Gasteiger partial charge is 0.340 e. The van der Waals surface area contributed by atoms with Gasteiger partial charge in [0.05, 0.1) is 31.1 Å². The van der Waals surface area contributed by atoms with Gasteiger partial charge in [-0.3, -0.25) is 0 Å². The Kier molecular flexibility index (Phi) is 7.37. The van der Waals surface area contributed by atoms with Gasteiger partial charge in [-0.2, -0.15) is 4.39 Å². The van der Waals surface area contributed by atoms with Crippen molar-refractivity contribution in [2.45, 2.75) is 6.54 Å². The SMILES string of the molecule is C=CC[n+]1cn(C)c2cc(C(=O)OC)c(Nc3ccc(I)cc3F)c(F)c21.[I-]. The summed E-state index contributed by atoms with van der Waals surface area (Å²) in [5, 5.41) is 2.72. The van der Waals surface area contributed by atoms with Crippen LogP contribution in [0.25, 0.3) is 11.0 Å². The minimum Gasteiger partial charge on any atom is -1.00 e. The lowest BCUT2D eigenvalue weighted by atomic mass is 10.1. The number of hydrogen-bond acceptors (Lipinski definition) is 3. The molecule has 3 rings (SSSR count). The Balaban J connectivity index is 0.00000280. The molecule has 0 unspecified atom stereocenters. The van der Waals surface area contributed by atoms with Gasteiger partial charge < -0.3 is 34.0 Å². The molecule has 0 aliphatic heterocycles. The summed E-state index contributed by atoms with van der Waals surface area (Å²) in [5.41, 5.74) is 0.678. The van der Waals surface area contributed by atoms with Crippen LogP contribution in [0.4, 0.5) is 20.2 Å². The third kappa shape index (κ3) is 4.14. The molecule has 3 aromatic rings. The zero-order valence-corrected chi connectivity index (χ0v) is 19.4. The van der Waals surface area contributed by atoms with Gasteiger partial charge in [0, 0.05) is 9.64 Å². The fourth-order valence-corrected chi connectivity index (χ4v) is 3.35. The normalized spacial score (nSPS) is 10.5. The number of hydrogen-bond donors (Lipinski definition) is 1. The number of rotatable bonds is 5. The lowest BCUT2D eigenvalue weighted by molar-refractivity contribution is -0.662. The summed E-state index contributed by atoms with van der Waals surface area (Å²) in [4.78, 5) is 12.2. The molecule has 0 fully saturated rings. The summed E-state index contributed by atoms with van der Waals surface area (Å²) in [5.74, 6) is -1.95. The van der Waals surface area contributed by atoms with E-state index in [0.717, 1.165) is 0 Å². The second kappa shape index (κ2) is 9.16. The van der Waals surface area contributed by atoms with Gasteiger partial charge in [-0.15, -0.1) is 0 Å². The van der Waals surface area contributed by atoms with Crippen LogP contribution in [0.2, 0.25) is 0 Å². The summed E-state index contributed by atoms with van der Waals surface area (Å²) in [6.07, 6.45) is 3.34. The molecular weight excluding hydrogens is 594 g/mol. The summed E-state index contributed by atoms with van der Waals surface area (Å²) in [6, 6.07) is 6.01. The van der Waals surface area contributed by atoms with Gasteiger partial charge in [-0.25, -0.2) is 18.3 Å². The molecule has 0 saturated heterocycles. The lowest BCUT2D eigenvalue weighted by Crippen LogP contribution is -3.00. The van der Waals surface area contributed by atoms with Gasteiger partial charge in [-0.1, -0.05) is 12.7 Å². The number of nitrogens with one attached hydrogen (secondary N) is 1. The van der Waals surface area contributed by atoms with E-state index in [0.29, 0.717) is 15.6 Å². The average molecular weight is 611 g/mol. The van der Waals surface area contributed by atoms with E-state index in [9.17, 15) is 9.18 Å². The van der Waals surface area contributed by atoms with Gasteiger partial charge in [0.25, 0.3) is 0 Å². The Morgan fingerprint density at radius 2 is 2.11 bits per heavy atom. The van der Waals surface area contributed by atoms with Crippen LogP contribution in [0.5, 0.6) is 0 Å². The van der Waals surface area contributed by atoms with Crippen LogP contribution in [0.1, 0.15) is 10.4 Å². The monoisotopic (exact) mass is 611 g/mol. The number of allylic oxidation sites excluding steroid dienone is 1. The maximum absolute atomic E-state index is 15.5. The number of aromatic nitrogens is 2. The molecule has 0 aliphatic rings. The molecule has 1 heterocycles. The van der Waals surface area contributed by atoms with Gasteiger partial charge in [-0.05, 0) is 40.8 Å². The number of ether oxygens (including phenoxy) is 1. The van der Waals surface area contributed by atoms with Crippen LogP contribution in [-0.2, 0) is 18.3 Å². The first-order valence-corrected chi connectivity index (χ1v) is 9.07. The van der Waals surface area contributed by atoms with Crippen LogP contribution in [0.15, 0.2) is 43.2 Å². The molecule has 148 valence electrons. The lowest BCUT2D eigenvalue weighted by Gasteiger charge is -2.13. The molecule has 1 aromatic heterocycles. The molecule has 0 spiro atoms. The Morgan fingerprint density at radius 3 is 2.71 bits per heavy atom. The van der Waals surface area contributed by atoms with Crippen molar-refractivity contribution in [2.75, 3.05) is 12.4 Å². The maximum Gasteiger partial charge on any atom is 0.340 e. The highest BCUT2D eigenvalue weighted by Gasteiger charge is 2.27. The number of imidazole rings is 1. The molecule has 5 nitrogen and oxygen atoms in total. The van der Waals surface area contributed by atoms with E-state index in [-0.39, 0.29) is 46.4 Å². The Morgan fingerprint density at radius 1 is 1.39 bits per heavy atom. The van der Waals surface area contributed by atoms with Crippen LogP contribution in [-0.4, -0.2) is 17.6 Å². The van der Waals surface area contributed by atoms with Crippen molar-refractivity contribution in [1.29, 1.82) is 0 Å². The first-order valence-electron chi connectivity index (χ1n) is 7.99. The summed E-state index contributed by atoms with van der Waals surface area (Å²) in [7, 11) is 2.96. The maximum atomic E-state index is 15.5. The molecular formula is C19H17F2I2N3O2. The topological polar surface area (TPSA) is 47.1 Å². The quantitative estimate of drug-likeness (QED) is 0.204. The highest BCUT2D eigenvalue weighted by molar-refractivity contribution is 14.1. The zero-order valence-electron chi connectivity index (χ0n) is 15.1. The van der Waals surface area contributed by atoms with Gasteiger partial charge in [0.15, 0.2) is 11.3 Å². The second-order valence-electron chi connectivity index (χ2n) is 5.89. The molecule has 0 atom stereocenters. The largest absolute Gasteiger partial charge is 1.00 e. The van der Waals surface area contributed by atoms with E-state index in [1.54, 1.807) is 34.7 Å². The summed E-state index contributed by atoms with van der Waals surface area (Å²) in [6.45, 7) is 4.06. The highest BCUT2D eigenvalue weighted by Crippen LogP contribution is 2.31. The summed E-state index contributed by atoms with van der Waals surface area (Å²) < 4.78 is 38.6. The molecule has 1 N–H and O–H groups in total. The van der Waals surface area contributed by atoms with E-state index in [2.05, 4.69) is 11.9 Å². The number of methoxy groups -OCH3 is 1. The minimum absolute atomic E-state index is 0. The Bertz CT molecular complexity index is 1070. The number of anilines is 2. The number of carbonyl (C=O) groups is 1. The van der Waals surface area contributed by atoms with Crippen LogP contribution in [0, 0.1) is 15.2 Å². The van der Waals surface area contributed by atoms with Crippen molar-refractivity contribution in [3.05, 3.63) is 64.0 Å². The predicted octanol–water partition coefficient (Wildman–Crippen LogP) is 1.07. The summed E-state index contributed by atoms with van der Waals surface area (Å²) >= 11 is 1.98. The fourth-order valence-electron chi connectivity index (χ4n) is 2.89. The van der Waals surface area contributed by atoms with Crippen molar-refractivity contribution in [3.8, 4) is 0 Å². The molecule has 2 aromatic carbocycles. The van der Waals surface area contributed by atoms with Gasteiger partial charge in [0.2, 0.25) is 11.8 Å². The van der Waals surface area contributed by atoms with Crippen molar-refractivity contribution >= 4 is 51.0 Å². The van der Waals surface area contributed by atoms with Crippen molar-refractivity contribution in [1.82, 2.24) is 4.57 Å². The second-order valence-corrected chi connectivity index (χ2v) is 7.13. The molecule has 0 saturated carbocycles. The fraction of sp³-hybridized carbons (Fsp3) is 0.158.